The van der Waals surface area contributed by atoms with Crippen molar-refractivity contribution < 1.29 is 5.11 Å². The minimum absolute atomic E-state index is 0.0416. The summed E-state index contributed by atoms with van der Waals surface area (Å²) < 4.78 is 1.83. The van der Waals surface area contributed by atoms with Gasteiger partial charge in [-0.25, -0.2) is 4.98 Å². The molecular weight excluding hydrogens is 278 g/mol. The van der Waals surface area contributed by atoms with Gasteiger partial charge in [-0.1, -0.05) is 17.8 Å². The molecule has 0 amide bonds. The molecule has 0 saturated heterocycles. The fraction of sp³-hybridized carbons (Fsp3) is 0.231. The molecule has 0 aliphatic heterocycles. The van der Waals surface area contributed by atoms with E-state index in [1.54, 1.807) is 18.0 Å². The minimum Gasteiger partial charge on any atom is -0.390 e. The molecule has 0 saturated carbocycles. The van der Waals surface area contributed by atoms with Crippen LogP contribution in [-0.4, -0.2) is 20.9 Å². The molecule has 0 unspecified atom stereocenters. The summed E-state index contributed by atoms with van der Waals surface area (Å²) in [5, 5.41) is 19.2. The Morgan fingerprint density at radius 1 is 1.42 bits per heavy atom. The van der Waals surface area contributed by atoms with Crippen LogP contribution in [0.25, 0.3) is 0 Å². The first-order valence-electron chi connectivity index (χ1n) is 5.57. The molecule has 0 radical (unpaired) electrons. The summed E-state index contributed by atoms with van der Waals surface area (Å²) in [5.74, 6) is 0. The van der Waals surface area contributed by atoms with Crippen LogP contribution in [0.15, 0.2) is 39.3 Å². The van der Waals surface area contributed by atoms with Gasteiger partial charge in [0.25, 0.3) is 0 Å². The Morgan fingerprint density at radius 3 is 2.74 bits per heavy atom. The number of thioether (sulfide) groups is 1. The molecule has 4 nitrogen and oxygen atoms in total. The number of aliphatic hydroxyl groups is 1. The van der Waals surface area contributed by atoms with Crippen molar-refractivity contribution in [3.8, 4) is 6.07 Å². The van der Waals surface area contributed by atoms with Crippen LogP contribution in [0.2, 0.25) is 0 Å². The summed E-state index contributed by atoms with van der Waals surface area (Å²) in [6.45, 7) is -0.0416. The van der Waals surface area contributed by atoms with Crippen molar-refractivity contribution >= 4 is 23.5 Å². The van der Waals surface area contributed by atoms with Gasteiger partial charge < -0.3 is 9.67 Å². The first kappa shape index (κ1) is 14.0. The first-order valence-corrected chi connectivity index (χ1v) is 7.61. The number of aromatic nitrogens is 2. The summed E-state index contributed by atoms with van der Waals surface area (Å²) >= 11 is 2.99. The van der Waals surface area contributed by atoms with Crippen molar-refractivity contribution in [1.82, 2.24) is 9.55 Å². The van der Waals surface area contributed by atoms with Crippen molar-refractivity contribution in [2.75, 3.05) is 6.26 Å². The summed E-state index contributed by atoms with van der Waals surface area (Å²) in [5.41, 5.74) is 1.43. The predicted octanol–water partition coefficient (Wildman–Crippen LogP) is 2.66. The predicted molar refractivity (Wildman–Crippen MR) is 76.2 cm³/mol. The number of hydrogen-bond acceptors (Lipinski definition) is 5. The molecule has 0 spiro atoms. The van der Waals surface area contributed by atoms with E-state index in [1.165, 1.54) is 11.8 Å². The van der Waals surface area contributed by atoms with Crippen LogP contribution < -0.4 is 0 Å². The zero-order valence-electron chi connectivity index (χ0n) is 10.6. The SMILES string of the molecule is CSc1cccc(Sc2ncc(CO)n2C)c1C#N. The summed E-state index contributed by atoms with van der Waals surface area (Å²) in [7, 11) is 1.85. The maximum Gasteiger partial charge on any atom is 0.172 e. The molecule has 1 aromatic heterocycles. The van der Waals surface area contributed by atoms with Gasteiger partial charge >= 0.3 is 0 Å². The topological polar surface area (TPSA) is 61.8 Å². The second-order valence-electron chi connectivity index (χ2n) is 3.80. The maximum absolute atomic E-state index is 9.29. The Labute approximate surface area is 120 Å². The van der Waals surface area contributed by atoms with Gasteiger partial charge in [-0.2, -0.15) is 5.26 Å². The van der Waals surface area contributed by atoms with E-state index < -0.39 is 0 Å². The fourth-order valence-electron chi connectivity index (χ4n) is 1.64. The third kappa shape index (κ3) is 2.78. The number of rotatable bonds is 4. The van der Waals surface area contributed by atoms with E-state index in [1.807, 2.05) is 36.1 Å². The molecule has 0 aliphatic carbocycles. The summed E-state index contributed by atoms with van der Waals surface area (Å²) in [6.07, 6.45) is 3.60. The fourth-order valence-corrected chi connectivity index (χ4v) is 3.24. The lowest BCUT2D eigenvalue weighted by Crippen LogP contribution is -1.97. The first-order chi connectivity index (χ1) is 9.21. The highest BCUT2D eigenvalue weighted by Crippen LogP contribution is 2.33. The van der Waals surface area contributed by atoms with Gasteiger partial charge in [-0.05, 0) is 18.4 Å². The molecule has 0 bridgehead atoms. The summed E-state index contributed by atoms with van der Waals surface area (Å²) in [4.78, 5) is 6.11. The Kier molecular flexibility index (Phi) is 4.53. The van der Waals surface area contributed by atoms with E-state index in [-0.39, 0.29) is 6.61 Å². The van der Waals surface area contributed by atoms with Gasteiger partial charge in [-0.15, -0.1) is 11.8 Å². The third-order valence-corrected chi connectivity index (χ3v) is 4.63. The lowest BCUT2D eigenvalue weighted by molar-refractivity contribution is 0.271. The molecule has 0 aliphatic rings. The van der Waals surface area contributed by atoms with Crippen LogP contribution in [0.4, 0.5) is 0 Å². The minimum atomic E-state index is -0.0416. The maximum atomic E-state index is 9.29. The zero-order chi connectivity index (χ0) is 13.8. The van der Waals surface area contributed by atoms with E-state index in [0.717, 1.165) is 20.6 Å². The Balaban J connectivity index is 2.38. The van der Waals surface area contributed by atoms with Gasteiger partial charge in [0.2, 0.25) is 0 Å². The molecule has 1 N–H and O–H groups in total. The number of benzene rings is 1. The van der Waals surface area contributed by atoms with E-state index in [0.29, 0.717) is 5.56 Å². The molecule has 2 aromatic rings. The number of nitriles is 1. The van der Waals surface area contributed by atoms with Crippen LogP contribution in [0.3, 0.4) is 0 Å². The van der Waals surface area contributed by atoms with Crippen molar-refractivity contribution in [3.63, 3.8) is 0 Å². The molecule has 6 heteroatoms. The van der Waals surface area contributed by atoms with Crippen molar-refractivity contribution in [2.24, 2.45) is 7.05 Å². The molecule has 19 heavy (non-hydrogen) atoms. The van der Waals surface area contributed by atoms with Gasteiger partial charge in [0, 0.05) is 16.8 Å². The highest BCUT2D eigenvalue weighted by Gasteiger charge is 2.12. The highest BCUT2D eigenvalue weighted by molar-refractivity contribution is 7.99. The van der Waals surface area contributed by atoms with E-state index in [2.05, 4.69) is 11.1 Å². The lowest BCUT2D eigenvalue weighted by atomic mass is 10.2. The third-order valence-electron chi connectivity index (χ3n) is 2.72. The Morgan fingerprint density at radius 2 is 2.16 bits per heavy atom. The van der Waals surface area contributed by atoms with Gasteiger partial charge in [0.05, 0.1) is 24.1 Å². The smallest absolute Gasteiger partial charge is 0.172 e. The number of hydrogen-bond donors (Lipinski definition) is 1. The van der Waals surface area contributed by atoms with E-state index in [4.69, 9.17) is 5.11 Å². The summed E-state index contributed by atoms with van der Waals surface area (Å²) in [6, 6.07) is 8.03. The average molecular weight is 291 g/mol. The van der Waals surface area contributed by atoms with Crippen molar-refractivity contribution in [3.05, 3.63) is 35.7 Å². The molecule has 1 aromatic carbocycles. The molecule has 1 heterocycles. The normalized spacial score (nSPS) is 10.4. The van der Waals surface area contributed by atoms with Crippen LogP contribution in [0.5, 0.6) is 0 Å². The van der Waals surface area contributed by atoms with Crippen molar-refractivity contribution in [1.29, 1.82) is 5.26 Å². The van der Waals surface area contributed by atoms with E-state index in [9.17, 15) is 5.26 Å². The van der Waals surface area contributed by atoms with Crippen LogP contribution in [0, 0.1) is 11.3 Å². The molecule has 0 fully saturated rings. The average Bonchev–Trinajstić information content (AvgIpc) is 2.79. The molecular formula is C13H13N3OS2. The number of imidazole rings is 1. The molecule has 2 rings (SSSR count). The van der Waals surface area contributed by atoms with E-state index >= 15 is 0 Å². The van der Waals surface area contributed by atoms with Gasteiger partial charge in [0.15, 0.2) is 5.16 Å². The highest BCUT2D eigenvalue weighted by atomic mass is 32.2. The Hall–Kier alpha value is -1.42. The zero-order valence-corrected chi connectivity index (χ0v) is 12.3. The van der Waals surface area contributed by atoms with Crippen LogP contribution in [-0.2, 0) is 13.7 Å². The number of nitrogens with zero attached hydrogens (tertiary/aromatic N) is 3. The monoisotopic (exact) mass is 291 g/mol. The lowest BCUT2D eigenvalue weighted by Gasteiger charge is -2.07. The van der Waals surface area contributed by atoms with Crippen LogP contribution >= 0.6 is 23.5 Å². The second-order valence-corrected chi connectivity index (χ2v) is 5.65. The molecule has 98 valence electrons. The Bertz CT molecular complexity index is 631. The second kappa shape index (κ2) is 6.15. The number of aliphatic hydroxyl groups excluding tert-OH is 1. The largest absolute Gasteiger partial charge is 0.390 e. The van der Waals surface area contributed by atoms with Crippen molar-refractivity contribution in [2.45, 2.75) is 21.6 Å². The van der Waals surface area contributed by atoms with Gasteiger partial charge in [-0.3, -0.25) is 0 Å². The van der Waals surface area contributed by atoms with Crippen LogP contribution in [0.1, 0.15) is 11.3 Å². The quantitative estimate of drug-likeness (QED) is 0.877. The van der Waals surface area contributed by atoms with Gasteiger partial charge in [0.1, 0.15) is 6.07 Å². The standard InChI is InChI=1S/C13H13N3OS2/c1-16-9(8-17)7-15-13(16)19-12-5-3-4-11(18-2)10(12)6-14/h3-5,7,17H,8H2,1-2H3. The molecule has 0 atom stereocenters.